The van der Waals surface area contributed by atoms with E-state index in [1.54, 1.807) is 0 Å². The Hall–Kier alpha value is -0.130. The average Bonchev–Trinajstić information content (AvgIpc) is 3.15. The van der Waals surface area contributed by atoms with Gasteiger partial charge in [-0.05, 0) is 19.3 Å². The first-order valence-corrected chi connectivity index (χ1v) is 9.24. The van der Waals surface area contributed by atoms with Crippen LogP contribution in [0.3, 0.4) is 0 Å². The second kappa shape index (κ2) is 9.24. The fourth-order valence-electron chi connectivity index (χ4n) is 2.25. The maximum Gasteiger partial charge on any atom is 0.216 e. The van der Waals surface area contributed by atoms with Crippen molar-refractivity contribution in [2.75, 3.05) is 45.1 Å². The largest absolute Gasteiger partial charge is 0.379 e. The summed E-state index contributed by atoms with van der Waals surface area (Å²) in [5, 5.41) is 6.47. The molecular formula is C13H27IN4O3S. The van der Waals surface area contributed by atoms with Gasteiger partial charge in [0, 0.05) is 25.7 Å². The number of rotatable bonds is 6. The Bertz CT molecular complexity index is 466. The van der Waals surface area contributed by atoms with Crippen molar-refractivity contribution in [2.24, 2.45) is 10.9 Å². The molecule has 0 radical (unpaired) electrons. The summed E-state index contributed by atoms with van der Waals surface area (Å²) in [6, 6.07) is 0.471. The van der Waals surface area contributed by atoms with E-state index < -0.39 is 10.0 Å². The van der Waals surface area contributed by atoms with Crippen LogP contribution in [-0.4, -0.2) is 69.9 Å². The third-order valence-electron chi connectivity index (χ3n) is 3.76. The van der Waals surface area contributed by atoms with Crippen molar-refractivity contribution >= 4 is 40.0 Å². The molecule has 2 rings (SSSR count). The van der Waals surface area contributed by atoms with Crippen molar-refractivity contribution in [1.29, 1.82) is 0 Å². The summed E-state index contributed by atoms with van der Waals surface area (Å²) in [7, 11) is -3.23. The van der Waals surface area contributed by atoms with Gasteiger partial charge in [-0.3, -0.25) is 4.99 Å². The number of halogens is 1. The lowest BCUT2D eigenvalue weighted by atomic mass is 10.5. The first-order chi connectivity index (χ1) is 10.0. The van der Waals surface area contributed by atoms with E-state index in [0.29, 0.717) is 44.2 Å². The van der Waals surface area contributed by atoms with Crippen molar-refractivity contribution in [2.45, 2.75) is 26.3 Å². The lowest BCUT2D eigenvalue weighted by Crippen LogP contribution is -2.43. The first-order valence-electron chi connectivity index (χ1n) is 7.63. The lowest BCUT2D eigenvalue weighted by Gasteiger charge is -2.25. The number of nitrogens with zero attached hydrogens (tertiary/aromatic N) is 2. The molecule has 2 unspecified atom stereocenters. The smallest absolute Gasteiger partial charge is 0.216 e. The molecule has 0 aromatic heterocycles. The fraction of sp³-hybridized carbons (Fsp3) is 0.923. The van der Waals surface area contributed by atoms with Gasteiger partial charge in [-0.15, -0.1) is 24.0 Å². The fourth-order valence-corrected chi connectivity index (χ4v) is 3.53. The van der Waals surface area contributed by atoms with Crippen LogP contribution in [0.15, 0.2) is 4.99 Å². The minimum Gasteiger partial charge on any atom is -0.379 e. The Kier molecular flexibility index (Phi) is 8.36. The molecule has 9 heteroatoms. The van der Waals surface area contributed by atoms with Crippen molar-refractivity contribution in [3.8, 4) is 0 Å². The zero-order valence-electron chi connectivity index (χ0n) is 13.2. The number of guanidine groups is 1. The first kappa shape index (κ1) is 19.9. The van der Waals surface area contributed by atoms with Crippen molar-refractivity contribution in [3.05, 3.63) is 0 Å². The molecule has 1 aliphatic heterocycles. The predicted octanol–water partition coefficient (Wildman–Crippen LogP) is 0.230. The summed E-state index contributed by atoms with van der Waals surface area (Å²) >= 11 is 0. The minimum absolute atomic E-state index is 0. The molecule has 2 aliphatic rings. The van der Waals surface area contributed by atoms with E-state index in [1.807, 2.05) is 6.92 Å². The highest BCUT2D eigenvalue weighted by atomic mass is 127. The average molecular weight is 446 g/mol. The SMILES string of the molecule is CCNC(=NCCS(=O)(=O)N1CCOCC1)NC1CC1C.I. The highest BCUT2D eigenvalue weighted by molar-refractivity contribution is 14.0. The third-order valence-corrected chi connectivity index (χ3v) is 5.61. The number of ether oxygens (including phenoxy) is 1. The molecule has 1 aliphatic carbocycles. The number of hydrogen-bond acceptors (Lipinski definition) is 4. The van der Waals surface area contributed by atoms with Crippen molar-refractivity contribution in [3.63, 3.8) is 0 Å². The molecular weight excluding hydrogens is 419 g/mol. The van der Waals surface area contributed by atoms with Crippen LogP contribution in [0.2, 0.25) is 0 Å². The van der Waals surface area contributed by atoms with Gasteiger partial charge in [0.1, 0.15) is 0 Å². The summed E-state index contributed by atoms with van der Waals surface area (Å²) in [5.74, 6) is 1.43. The molecule has 2 atom stereocenters. The maximum absolute atomic E-state index is 12.2. The lowest BCUT2D eigenvalue weighted by molar-refractivity contribution is 0.0731. The summed E-state index contributed by atoms with van der Waals surface area (Å²) < 4.78 is 31.0. The van der Waals surface area contributed by atoms with Crippen molar-refractivity contribution in [1.82, 2.24) is 14.9 Å². The molecule has 1 saturated heterocycles. The van der Waals surface area contributed by atoms with Gasteiger partial charge in [-0.1, -0.05) is 6.92 Å². The second-order valence-electron chi connectivity index (χ2n) is 5.55. The molecule has 0 aromatic rings. The van der Waals surface area contributed by atoms with E-state index in [1.165, 1.54) is 4.31 Å². The zero-order valence-corrected chi connectivity index (χ0v) is 16.4. The van der Waals surface area contributed by atoms with Crippen molar-refractivity contribution < 1.29 is 13.2 Å². The summed E-state index contributed by atoms with van der Waals surface area (Å²) in [5.41, 5.74) is 0. The number of aliphatic imine (C=N–C) groups is 1. The molecule has 0 spiro atoms. The van der Waals surface area contributed by atoms with E-state index >= 15 is 0 Å². The standard InChI is InChI=1S/C13H26N4O3S.HI/c1-3-14-13(16-12-10-11(12)2)15-4-9-21(18,19)17-5-7-20-8-6-17;/h11-12H,3-10H2,1-2H3,(H2,14,15,16);1H. The number of morpholine rings is 1. The molecule has 2 fully saturated rings. The summed E-state index contributed by atoms with van der Waals surface area (Å²) in [6.07, 6.45) is 1.15. The predicted molar refractivity (Wildman–Crippen MR) is 98.3 cm³/mol. The van der Waals surface area contributed by atoms with Gasteiger partial charge in [-0.25, -0.2) is 8.42 Å². The molecule has 1 saturated carbocycles. The molecule has 0 aromatic carbocycles. The Morgan fingerprint density at radius 2 is 2.00 bits per heavy atom. The molecule has 7 nitrogen and oxygen atoms in total. The van der Waals surface area contributed by atoms with Crippen LogP contribution < -0.4 is 10.6 Å². The Labute approximate surface area is 150 Å². The van der Waals surface area contributed by atoms with Gasteiger partial charge < -0.3 is 15.4 Å². The van der Waals surface area contributed by atoms with Gasteiger partial charge in [0.25, 0.3) is 0 Å². The molecule has 22 heavy (non-hydrogen) atoms. The quantitative estimate of drug-likeness (QED) is 0.347. The van der Waals surface area contributed by atoms with Crippen LogP contribution in [0.4, 0.5) is 0 Å². The number of nitrogens with one attached hydrogen (secondary N) is 2. The Morgan fingerprint density at radius 1 is 1.36 bits per heavy atom. The maximum atomic E-state index is 12.2. The van der Waals surface area contributed by atoms with Gasteiger partial charge in [0.05, 0.1) is 25.5 Å². The van der Waals surface area contributed by atoms with Gasteiger partial charge in [-0.2, -0.15) is 4.31 Å². The zero-order chi connectivity index (χ0) is 15.3. The van der Waals surface area contributed by atoms with E-state index in [-0.39, 0.29) is 36.3 Å². The van der Waals surface area contributed by atoms with Gasteiger partial charge in [0.2, 0.25) is 10.0 Å². The summed E-state index contributed by atoms with van der Waals surface area (Å²) in [4.78, 5) is 4.37. The van der Waals surface area contributed by atoms with Crippen LogP contribution >= 0.6 is 24.0 Å². The Morgan fingerprint density at radius 3 is 2.55 bits per heavy atom. The number of hydrogen-bond donors (Lipinski definition) is 2. The van der Waals surface area contributed by atoms with Crippen LogP contribution in [0, 0.1) is 5.92 Å². The van der Waals surface area contributed by atoms with Gasteiger partial charge in [0.15, 0.2) is 5.96 Å². The molecule has 1 heterocycles. The van der Waals surface area contributed by atoms with Gasteiger partial charge >= 0.3 is 0 Å². The van der Waals surface area contributed by atoms with Crippen LogP contribution in [0.1, 0.15) is 20.3 Å². The summed E-state index contributed by atoms with van der Waals surface area (Å²) in [6.45, 7) is 7.08. The van der Waals surface area contributed by atoms with E-state index in [2.05, 4.69) is 22.5 Å². The molecule has 130 valence electrons. The van der Waals surface area contributed by atoms with Crippen LogP contribution in [0.5, 0.6) is 0 Å². The molecule has 0 amide bonds. The third kappa shape index (κ3) is 6.17. The Balaban J connectivity index is 0.00000242. The molecule has 2 N–H and O–H groups in total. The topological polar surface area (TPSA) is 83.0 Å². The normalized spacial score (nSPS) is 26.2. The monoisotopic (exact) mass is 446 g/mol. The highest BCUT2D eigenvalue weighted by Crippen LogP contribution is 2.28. The van der Waals surface area contributed by atoms with E-state index in [4.69, 9.17) is 4.74 Å². The minimum atomic E-state index is -3.23. The van der Waals surface area contributed by atoms with E-state index in [0.717, 1.165) is 13.0 Å². The molecule has 0 bridgehead atoms. The van der Waals surface area contributed by atoms with Crippen LogP contribution in [-0.2, 0) is 14.8 Å². The van der Waals surface area contributed by atoms with E-state index in [9.17, 15) is 8.42 Å². The highest BCUT2D eigenvalue weighted by Gasteiger charge is 2.33. The second-order valence-corrected chi connectivity index (χ2v) is 7.64. The van der Waals surface area contributed by atoms with Crippen LogP contribution in [0.25, 0.3) is 0 Å². The number of sulfonamides is 1.